The Morgan fingerprint density at radius 3 is 2.71 bits per heavy atom. The molecular weight excluding hydrogens is 248 g/mol. The van der Waals surface area contributed by atoms with Crippen molar-refractivity contribution in [3.63, 3.8) is 0 Å². The zero-order valence-electron chi connectivity index (χ0n) is 8.84. The zero-order chi connectivity index (χ0) is 12.4. The summed E-state index contributed by atoms with van der Waals surface area (Å²) in [7, 11) is 1.61. The first-order valence-corrected chi connectivity index (χ1v) is 5.15. The molecule has 0 aliphatic rings. The summed E-state index contributed by atoms with van der Waals surface area (Å²) in [4.78, 5) is 7.66. The van der Waals surface area contributed by atoms with Crippen molar-refractivity contribution in [1.29, 1.82) is 0 Å². The first-order valence-electron chi connectivity index (χ1n) is 4.77. The predicted molar refractivity (Wildman–Crippen MR) is 61.9 cm³/mol. The van der Waals surface area contributed by atoms with E-state index >= 15 is 0 Å². The van der Waals surface area contributed by atoms with Crippen LogP contribution in [0.15, 0.2) is 24.4 Å². The van der Waals surface area contributed by atoms with Gasteiger partial charge in [0.15, 0.2) is 5.82 Å². The number of halogens is 3. The lowest BCUT2D eigenvalue weighted by Crippen LogP contribution is -2.00. The highest BCUT2D eigenvalue weighted by Crippen LogP contribution is 2.29. The number of rotatable bonds is 2. The number of hydrogen-bond donors (Lipinski definition) is 1. The molecule has 1 aromatic carbocycles. The van der Waals surface area contributed by atoms with E-state index in [9.17, 15) is 8.78 Å². The molecule has 2 rings (SSSR count). The van der Waals surface area contributed by atoms with E-state index in [1.165, 1.54) is 12.1 Å². The fraction of sp³-hybridized carbons (Fsp3) is 0.0909. The molecule has 2 aromatic rings. The van der Waals surface area contributed by atoms with E-state index in [0.717, 1.165) is 12.3 Å². The van der Waals surface area contributed by atoms with Gasteiger partial charge >= 0.3 is 0 Å². The fourth-order valence-electron chi connectivity index (χ4n) is 1.36. The maximum absolute atomic E-state index is 13.6. The van der Waals surface area contributed by atoms with Gasteiger partial charge in [0.05, 0.1) is 11.2 Å². The highest BCUT2D eigenvalue weighted by atomic mass is 35.5. The number of benzene rings is 1. The summed E-state index contributed by atoms with van der Waals surface area (Å²) in [6.45, 7) is 0. The van der Waals surface area contributed by atoms with Crippen molar-refractivity contribution in [1.82, 2.24) is 9.97 Å². The lowest BCUT2D eigenvalue weighted by atomic mass is 10.1. The molecule has 0 fully saturated rings. The van der Waals surface area contributed by atoms with Crippen LogP contribution in [0.5, 0.6) is 0 Å². The van der Waals surface area contributed by atoms with Crippen LogP contribution in [-0.2, 0) is 0 Å². The van der Waals surface area contributed by atoms with E-state index in [1.807, 2.05) is 0 Å². The summed E-state index contributed by atoms with van der Waals surface area (Å²) >= 11 is 5.84. The molecule has 0 amide bonds. The molecular formula is C11H8ClF2N3. The van der Waals surface area contributed by atoms with Gasteiger partial charge in [0.25, 0.3) is 0 Å². The van der Waals surface area contributed by atoms with E-state index in [0.29, 0.717) is 5.56 Å². The van der Waals surface area contributed by atoms with Crippen LogP contribution >= 0.6 is 11.6 Å². The molecule has 0 bridgehead atoms. The van der Waals surface area contributed by atoms with Crippen molar-refractivity contribution in [2.24, 2.45) is 0 Å². The maximum Gasteiger partial charge on any atom is 0.223 e. The van der Waals surface area contributed by atoms with Gasteiger partial charge in [-0.3, -0.25) is 0 Å². The molecule has 0 aliphatic carbocycles. The Bertz CT molecular complexity index is 560. The molecule has 1 aromatic heterocycles. The predicted octanol–water partition coefficient (Wildman–Crippen LogP) is 3.12. The smallest absolute Gasteiger partial charge is 0.223 e. The van der Waals surface area contributed by atoms with E-state index < -0.39 is 11.6 Å². The SMILES string of the molecule is CNc1ncc(F)c(-c2ccc(F)cc2Cl)n1. The Morgan fingerprint density at radius 2 is 2.06 bits per heavy atom. The Labute approximate surface area is 101 Å². The second-order valence-electron chi connectivity index (χ2n) is 3.26. The van der Waals surface area contributed by atoms with Gasteiger partial charge in [-0.1, -0.05) is 11.6 Å². The highest BCUT2D eigenvalue weighted by molar-refractivity contribution is 6.33. The minimum atomic E-state index is -0.613. The van der Waals surface area contributed by atoms with Gasteiger partial charge < -0.3 is 5.32 Å². The molecule has 1 N–H and O–H groups in total. The van der Waals surface area contributed by atoms with Gasteiger partial charge in [0.2, 0.25) is 5.95 Å². The molecule has 0 aliphatic heterocycles. The minimum Gasteiger partial charge on any atom is -0.357 e. The van der Waals surface area contributed by atoms with Crippen LogP contribution in [0.1, 0.15) is 0 Å². The number of anilines is 1. The number of nitrogens with one attached hydrogen (secondary N) is 1. The van der Waals surface area contributed by atoms with Crippen molar-refractivity contribution in [3.05, 3.63) is 41.1 Å². The summed E-state index contributed by atoms with van der Waals surface area (Å²) in [6.07, 6.45) is 1.04. The van der Waals surface area contributed by atoms with Crippen LogP contribution in [0.25, 0.3) is 11.3 Å². The largest absolute Gasteiger partial charge is 0.357 e. The van der Waals surface area contributed by atoms with E-state index in [-0.39, 0.29) is 16.7 Å². The molecule has 1 heterocycles. The fourth-order valence-corrected chi connectivity index (χ4v) is 1.61. The molecule has 88 valence electrons. The van der Waals surface area contributed by atoms with E-state index in [1.54, 1.807) is 7.05 Å². The minimum absolute atomic E-state index is 0.0364. The van der Waals surface area contributed by atoms with Gasteiger partial charge in [-0.2, -0.15) is 0 Å². The molecule has 0 spiro atoms. The first-order chi connectivity index (χ1) is 8.11. The van der Waals surface area contributed by atoms with Crippen LogP contribution in [0.3, 0.4) is 0 Å². The molecule has 0 saturated carbocycles. The zero-order valence-corrected chi connectivity index (χ0v) is 9.59. The van der Waals surface area contributed by atoms with E-state index in [4.69, 9.17) is 11.6 Å². The lowest BCUT2D eigenvalue weighted by Gasteiger charge is -2.06. The molecule has 0 radical (unpaired) electrons. The van der Waals surface area contributed by atoms with Crippen LogP contribution in [0.4, 0.5) is 14.7 Å². The maximum atomic E-state index is 13.6. The number of aromatic nitrogens is 2. The van der Waals surface area contributed by atoms with Crippen LogP contribution in [0, 0.1) is 11.6 Å². The van der Waals surface area contributed by atoms with Crippen molar-refractivity contribution < 1.29 is 8.78 Å². The summed E-state index contributed by atoms with van der Waals surface area (Å²) in [6, 6.07) is 3.68. The summed E-state index contributed by atoms with van der Waals surface area (Å²) in [5, 5.41) is 2.79. The molecule has 6 heteroatoms. The lowest BCUT2D eigenvalue weighted by molar-refractivity contribution is 0.617. The number of hydrogen-bond acceptors (Lipinski definition) is 3. The van der Waals surface area contributed by atoms with Crippen LogP contribution in [-0.4, -0.2) is 17.0 Å². The third-order valence-corrected chi connectivity index (χ3v) is 2.47. The number of nitrogens with zero attached hydrogens (tertiary/aromatic N) is 2. The Morgan fingerprint density at radius 1 is 1.29 bits per heavy atom. The second-order valence-corrected chi connectivity index (χ2v) is 3.67. The third kappa shape index (κ3) is 2.34. The normalized spacial score (nSPS) is 10.4. The van der Waals surface area contributed by atoms with Crippen LogP contribution in [0.2, 0.25) is 5.02 Å². The van der Waals surface area contributed by atoms with Gasteiger partial charge in [0, 0.05) is 12.6 Å². The summed E-state index contributed by atoms with van der Waals surface area (Å²) in [5.74, 6) is -0.832. The highest BCUT2D eigenvalue weighted by Gasteiger charge is 2.12. The van der Waals surface area contributed by atoms with Crippen molar-refractivity contribution >= 4 is 17.5 Å². The van der Waals surface area contributed by atoms with Gasteiger partial charge in [0.1, 0.15) is 11.5 Å². The van der Waals surface area contributed by atoms with Gasteiger partial charge in [-0.15, -0.1) is 0 Å². The van der Waals surface area contributed by atoms with Crippen molar-refractivity contribution in [2.45, 2.75) is 0 Å². The van der Waals surface area contributed by atoms with Crippen molar-refractivity contribution in [3.8, 4) is 11.3 Å². The quantitative estimate of drug-likeness (QED) is 0.896. The third-order valence-electron chi connectivity index (χ3n) is 2.15. The summed E-state index contributed by atoms with van der Waals surface area (Å²) in [5.41, 5.74) is 0.360. The van der Waals surface area contributed by atoms with Gasteiger partial charge in [-0.25, -0.2) is 18.7 Å². The Hall–Kier alpha value is -1.75. The average Bonchev–Trinajstić information content (AvgIpc) is 2.30. The second kappa shape index (κ2) is 4.63. The van der Waals surface area contributed by atoms with E-state index in [2.05, 4.69) is 15.3 Å². The monoisotopic (exact) mass is 255 g/mol. The molecule has 0 atom stereocenters. The first kappa shape index (κ1) is 11.7. The van der Waals surface area contributed by atoms with Crippen molar-refractivity contribution in [2.75, 3.05) is 12.4 Å². The summed E-state index contributed by atoms with van der Waals surface area (Å²) < 4.78 is 26.5. The molecule has 3 nitrogen and oxygen atoms in total. The Kier molecular flexibility index (Phi) is 3.19. The standard InChI is InChI=1S/C11H8ClF2N3/c1-15-11-16-5-9(14)10(17-11)7-3-2-6(13)4-8(7)12/h2-5H,1H3,(H,15,16,17). The topological polar surface area (TPSA) is 37.8 Å². The Balaban J connectivity index is 2.59. The molecule has 0 saturated heterocycles. The van der Waals surface area contributed by atoms with Gasteiger partial charge in [-0.05, 0) is 18.2 Å². The van der Waals surface area contributed by atoms with Crippen LogP contribution < -0.4 is 5.32 Å². The molecule has 17 heavy (non-hydrogen) atoms. The average molecular weight is 256 g/mol. The molecule has 0 unspecified atom stereocenters.